The molecule has 0 heterocycles. The van der Waals surface area contributed by atoms with E-state index in [1.54, 1.807) is 7.11 Å². The summed E-state index contributed by atoms with van der Waals surface area (Å²) >= 11 is 0. The normalized spacial score (nSPS) is 13.3. The van der Waals surface area contributed by atoms with Gasteiger partial charge in [-0.1, -0.05) is 12.1 Å². The van der Waals surface area contributed by atoms with Gasteiger partial charge in [-0.2, -0.15) is 0 Å². The van der Waals surface area contributed by atoms with Gasteiger partial charge in [0.15, 0.2) is 16.6 Å². The number of hydrogen-bond donors (Lipinski definition) is 0. The van der Waals surface area contributed by atoms with Crippen LogP contribution in [0.5, 0.6) is 5.75 Å². The Balaban J connectivity index is 2.79. The van der Waals surface area contributed by atoms with Gasteiger partial charge >= 0.3 is 8.56 Å². The summed E-state index contributed by atoms with van der Waals surface area (Å²) in [7, 11) is -3.65. The van der Waals surface area contributed by atoms with Crippen molar-refractivity contribution in [3.05, 3.63) is 29.8 Å². The minimum atomic E-state index is -2.13. The lowest BCUT2D eigenvalue weighted by Crippen LogP contribution is -2.52. The van der Waals surface area contributed by atoms with E-state index in [0.717, 1.165) is 18.2 Å². The third-order valence-electron chi connectivity index (χ3n) is 3.07. The van der Waals surface area contributed by atoms with Gasteiger partial charge in [-0.25, -0.2) is 0 Å². The topological polar surface area (TPSA) is 27.7 Å². The summed E-state index contributed by atoms with van der Waals surface area (Å²) in [6.07, 6.45) is 1.00. The van der Waals surface area contributed by atoms with Crippen LogP contribution >= 0.6 is 0 Å². The number of rotatable bonds is 8. The van der Waals surface area contributed by atoms with Crippen LogP contribution in [0.15, 0.2) is 24.3 Å². The zero-order valence-electron chi connectivity index (χ0n) is 15.4. The Morgan fingerprint density at radius 1 is 0.773 bits per heavy atom. The molecule has 0 bridgehead atoms. The molecule has 1 aromatic rings. The highest BCUT2D eigenvalue weighted by molar-refractivity contribution is 6.87. The standard InChI is InChI=1S/C16H32O3Si3/c1-17-16-11-9-15(10-12-16)13-14-22(8,18-20(2,3)4)19-21(5,6)7/h9-12H,13-14H2,1-8H3. The molecule has 0 aliphatic carbocycles. The van der Waals surface area contributed by atoms with E-state index in [1.807, 2.05) is 12.1 Å². The molecule has 0 radical (unpaired) electrons. The zero-order chi connectivity index (χ0) is 17.0. The number of methoxy groups -OCH3 is 1. The van der Waals surface area contributed by atoms with Crippen LogP contribution < -0.4 is 4.74 Å². The Labute approximate surface area is 139 Å². The second-order valence-corrected chi connectivity index (χ2v) is 20.8. The van der Waals surface area contributed by atoms with Gasteiger partial charge in [0, 0.05) is 0 Å². The highest BCUT2D eigenvalue weighted by Crippen LogP contribution is 2.26. The Bertz CT molecular complexity index is 445. The van der Waals surface area contributed by atoms with E-state index in [0.29, 0.717) is 0 Å². The first kappa shape index (κ1) is 19.6. The molecule has 0 N–H and O–H groups in total. The van der Waals surface area contributed by atoms with Gasteiger partial charge in [0.05, 0.1) is 7.11 Å². The molecule has 0 aliphatic heterocycles. The van der Waals surface area contributed by atoms with E-state index in [9.17, 15) is 0 Å². The second-order valence-electron chi connectivity index (χ2n) is 7.91. The Hall–Kier alpha value is -0.409. The highest BCUT2D eigenvalue weighted by Gasteiger charge is 2.39. The van der Waals surface area contributed by atoms with Gasteiger partial charge in [0.2, 0.25) is 0 Å². The van der Waals surface area contributed by atoms with Crippen LogP contribution in [-0.4, -0.2) is 32.3 Å². The minimum Gasteiger partial charge on any atom is -0.497 e. The first-order chi connectivity index (χ1) is 9.92. The Kier molecular flexibility index (Phi) is 6.64. The van der Waals surface area contributed by atoms with Gasteiger partial charge in [-0.05, 0) is 76.0 Å². The maximum atomic E-state index is 6.53. The number of benzene rings is 1. The summed E-state index contributed by atoms with van der Waals surface area (Å²) in [5.41, 5.74) is 1.32. The molecular formula is C16H32O3Si3. The van der Waals surface area contributed by atoms with E-state index >= 15 is 0 Å². The largest absolute Gasteiger partial charge is 0.497 e. The van der Waals surface area contributed by atoms with Crippen LogP contribution in [-0.2, 0) is 14.7 Å². The van der Waals surface area contributed by atoms with Gasteiger partial charge in [0.1, 0.15) is 5.75 Å². The molecule has 0 aliphatic rings. The van der Waals surface area contributed by atoms with E-state index < -0.39 is 25.2 Å². The predicted octanol–water partition coefficient (Wildman–Crippen LogP) is 5.01. The van der Waals surface area contributed by atoms with Crippen molar-refractivity contribution in [1.29, 1.82) is 0 Å². The van der Waals surface area contributed by atoms with Crippen LogP contribution in [0.4, 0.5) is 0 Å². The van der Waals surface area contributed by atoms with Crippen molar-refractivity contribution in [3.63, 3.8) is 0 Å². The fourth-order valence-electron chi connectivity index (χ4n) is 2.58. The first-order valence-corrected chi connectivity index (χ1v) is 17.3. The smallest absolute Gasteiger partial charge is 0.314 e. The predicted molar refractivity (Wildman–Crippen MR) is 102 cm³/mol. The number of aryl methyl sites for hydroxylation is 1. The maximum absolute atomic E-state index is 6.53. The molecular weight excluding hydrogens is 324 g/mol. The van der Waals surface area contributed by atoms with E-state index in [2.05, 4.69) is 58.0 Å². The molecule has 0 saturated heterocycles. The van der Waals surface area contributed by atoms with Crippen molar-refractivity contribution in [2.45, 2.75) is 58.3 Å². The molecule has 0 unspecified atom stereocenters. The van der Waals surface area contributed by atoms with Crippen molar-refractivity contribution in [2.24, 2.45) is 0 Å². The monoisotopic (exact) mass is 356 g/mol. The molecule has 3 nitrogen and oxygen atoms in total. The summed E-state index contributed by atoms with van der Waals surface area (Å²) in [5, 5.41) is 0. The van der Waals surface area contributed by atoms with Crippen molar-refractivity contribution in [1.82, 2.24) is 0 Å². The van der Waals surface area contributed by atoms with E-state index in [1.165, 1.54) is 5.56 Å². The molecule has 6 heteroatoms. The van der Waals surface area contributed by atoms with Gasteiger partial charge < -0.3 is 13.0 Å². The average molecular weight is 357 g/mol. The fourth-order valence-corrected chi connectivity index (χ4v) is 15.0. The van der Waals surface area contributed by atoms with Crippen LogP contribution in [0.2, 0.25) is 51.9 Å². The van der Waals surface area contributed by atoms with Gasteiger partial charge in [0.25, 0.3) is 0 Å². The van der Waals surface area contributed by atoms with Gasteiger partial charge in [-0.15, -0.1) is 0 Å². The number of hydrogen-bond acceptors (Lipinski definition) is 3. The Morgan fingerprint density at radius 3 is 1.59 bits per heavy atom. The van der Waals surface area contributed by atoms with Crippen LogP contribution in [0.3, 0.4) is 0 Å². The third-order valence-corrected chi connectivity index (χ3v) is 12.6. The summed E-state index contributed by atoms with van der Waals surface area (Å²) in [6, 6.07) is 9.32. The SMILES string of the molecule is COc1ccc(CC[Si](C)(O[Si](C)(C)C)O[Si](C)(C)C)cc1. The lowest BCUT2D eigenvalue weighted by molar-refractivity contribution is 0.383. The molecule has 0 spiro atoms. The lowest BCUT2D eigenvalue weighted by Gasteiger charge is -2.38. The van der Waals surface area contributed by atoms with Crippen LogP contribution in [0, 0.1) is 0 Å². The third kappa shape index (κ3) is 7.73. The first-order valence-electron chi connectivity index (χ1n) is 7.96. The van der Waals surface area contributed by atoms with Crippen molar-refractivity contribution >= 4 is 25.2 Å². The molecule has 22 heavy (non-hydrogen) atoms. The summed E-state index contributed by atoms with van der Waals surface area (Å²) < 4.78 is 18.3. The highest BCUT2D eigenvalue weighted by atomic mass is 28.5. The molecule has 0 aromatic heterocycles. The fraction of sp³-hybridized carbons (Fsp3) is 0.625. The van der Waals surface area contributed by atoms with Crippen molar-refractivity contribution in [2.75, 3.05) is 7.11 Å². The van der Waals surface area contributed by atoms with Crippen LogP contribution in [0.25, 0.3) is 0 Å². The minimum absolute atomic E-state index is 0.903. The molecule has 0 amide bonds. The molecule has 0 atom stereocenters. The summed E-state index contributed by atoms with van der Waals surface area (Å²) in [4.78, 5) is 0. The maximum Gasteiger partial charge on any atom is 0.314 e. The van der Waals surface area contributed by atoms with Crippen molar-refractivity contribution < 1.29 is 13.0 Å². The summed E-state index contributed by atoms with van der Waals surface area (Å²) in [5.74, 6) is 0.903. The van der Waals surface area contributed by atoms with E-state index in [-0.39, 0.29) is 0 Å². The molecule has 0 fully saturated rings. The van der Waals surface area contributed by atoms with Crippen molar-refractivity contribution in [3.8, 4) is 5.75 Å². The van der Waals surface area contributed by atoms with Crippen LogP contribution in [0.1, 0.15) is 5.56 Å². The molecule has 0 saturated carbocycles. The lowest BCUT2D eigenvalue weighted by atomic mass is 10.2. The Morgan fingerprint density at radius 2 is 1.23 bits per heavy atom. The quantitative estimate of drug-likeness (QED) is 0.613. The summed E-state index contributed by atoms with van der Waals surface area (Å²) in [6.45, 7) is 15.7. The average Bonchev–Trinajstić information content (AvgIpc) is 2.32. The second kappa shape index (κ2) is 7.44. The molecule has 126 valence electrons. The van der Waals surface area contributed by atoms with E-state index in [4.69, 9.17) is 13.0 Å². The molecule has 1 rings (SSSR count). The number of ether oxygens (including phenoxy) is 1. The molecule has 1 aromatic carbocycles. The zero-order valence-corrected chi connectivity index (χ0v) is 18.4. The van der Waals surface area contributed by atoms with Gasteiger partial charge in [-0.3, -0.25) is 0 Å².